The summed E-state index contributed by atoms with van der Waals surface area (Å²) in [4.78, 5) is 3.90. The van der Waals surface area contributed by atoms with Gasteiger partial charge in [-0.15, -0.1) is 0 Å². The van der Waals surface area contributed by atoms with Crippen LogP contribution in [0.15, 0.2) is 18.6 Å². The first kappa shape index (κ1) is 7.02. The van der Waals surface area contributed by atoms with Crippen molar-refractivity contribution in [2.24, 2.45) is 7.05 Å². The number of aryl methyl sites for hydroxylation is 1. The Morgan fingerprint density at radius 3 is 3.10 bits per heavy atom. The smallest absolute Gasteiger partial charge is 0.0948 e. The van der Waals surface area contributed by atoms with E-state index in [-0.39, 0.29) is 6.61 Å². The molecule has 0 saturated carbocycles. The van der Waals surface area contributed by atoms with E-state index < -0.39 is 0 Å². The molecule has 0 radical (unpaired) electrons. The molecule has 1 N–H and O–H groups in total. The number of hydrogen-bond donors (Lipinski definition) is 1. The van der Waals surface area contributed by atoms with E-state index in [1.165, 1.54) is 0 Å². The van der Waals surface area contributed by atoms with Crippen molar-refractivity contribution in [2.75, 3.05) is 6.61 Å². The lowest BCUT2D eigenvalue weighted by Gasteiger charge is -1.91. The van der Waals surface area contributed by atoms with Crippen LogP contribution in [0.3, 0.4) is 0 Å². The molecule has 0 saturated heterocycles. The van der Waals surface area contributed by atoms with Crippen molar-refractivity contribution in [3.8, 4) is 0 Å². The molecule has 0 aromatic carbocycles. The summed E-state index contributed by atoms with van der Waals surface area (Å²) in [5.41, 5.74) is 0.994. The Morgan fingerprint density at radius 1 is 1.80 bits per heavy atom. The molecule has 0 atom stereocenters. The molecule has 1 rings (SSSR count). The molecular formula is C7H10N2O. The summed E-state index contributed by atoms with van der Waals surface area (Å²) in [6.45, 7) is 0.0746. The van der Waals surface area contributed by atoms with Crippen molar-refractivity contribution in [3.05, 3.63) is 24.3 Å². The number of aliphatic hydroxyl groups excluding tert-OH is 1. The summed E-state index contributed by atoms with van der Waals surface area (Å²) in [5, 5.41) is 8.44. The Morgan fingerprint density at radius 2 is 2.60 bits per heavy atom. The fraction of sp³-hybridized carbons (Fsp3) is 0.286. The molecule has 3 heteroatoms. The Balaban J connectivity index is 2.74. The fourth-order valence-corrected chi connectivity index (χ4v) is 0.701. The number of aromatic nitrogens is 2. The Hall–Kier alpha value is -1.09. The zero-order valence-electron chi connectivity index (χ0n) is 5.86. The van der Waals surface area contributed by atoms with Crippen LogP contribution in [0.25, 0.3) is 6.08 Å². The average Bonchev–Trinajstić information content (AvgIpc) is 2.31. The van der Waals surface area contributed by atoms with E-state index in [1.54, 1.807) is 18.6 Å². The molecule has 10 heavy (non-hydrogen) atoms. The van der Waals surface area contributed by atoms with Crippen molar-refractivity contribution < 1.29 is 5.11 Å². The van der Waals surface area contributed by atoms with E-state index in [9.17, 15) is 0 Å². The lowest BCUT2D eigenvalue weighted by atomic mass is 10.4. The second-order valence-corrected chi connectivity index (χ2v) is 2.01. The largest absolute Gasteiger partial charge is 0.392 e. The summed E-state index contributed by atoms with van der Waals surface area (Å²) in [7, 11) is 1.91. The van der Waals surface area contributed by atoms with Crippen LogP contribution in [0.1, 0.15) is 5.69 Å². The number of aliphatic hydroxyl groups is 1. The van der Waals surface area contributed by atoms with Gasteiger partial charge in [0, 0.05) is 7.05 Å². The summed E-state index contributed by atoms with van der Waals surface area (Å²) < 4.78 is 1.88. The van der Waals surface area contributed by atoms with Crippen LogP contribution in [0.4, 0.5) is 0 Å². The van der Waals surface area contributed by atoms with E-state index in [2.05, 4.69) is 4.98 Å². The third-order valence-corrected chi connectivity index (χ3v) is 1.25. The van der Waals surface area contributed by atoms with Crippen LogP contribution in [0, 0.1) is 0 Å². The molecule has 3 nitrogen and oxygen atoms in total. The van der Waals surface area contributed by atoms with Gasteiger partial charge in [-0.05, 0) is 6.08 Å². The normalized spacial score (nSPS) is 11.0. The van der Waals surface area contributed by atoms with Gasteiger partial charge in [-0.1, -0.05) is 6.08 Å². The zero-order valence-corrected chi connectivity index (χ0v) is 5.86. The predicted molar refractivity (Wildman–Crippen MR) is 39.3 cm³/mol. The minimum absolute atomic E-state index is 0.0746. The first-order valence-electron chi connectivity index (χ1n) is 3.08. The van der Waals surface area contributed by atoms with Crippen molar-refractivity contribution >= 4 is 6.08 Å². The van der Waals surface area contributed by atoms with Crippen LogP contribution in [0.5, 0.6) is 0 Å². The maximum atomic E-state index is 8.44. The molecule has 0 unspecified atom stereocenters. The lowest BCUT2D eigenvalue weighted by Crippen LogP contribution is -1.87. The minimum Gasteiger partial charge on any atom is -0.392 e. The second-order valence-electron chi connectivity index (χ2n) is 2.01. The van der Waals surface area contributed by atoms with E-state index in [0.717, 1.165) is 5.69 Å². The zero-order chi connectivity index (χ0) is 7.40. The van der Waals surface area contributed by atoms with Crippen LogP contribution in [0.2, 0.25) is 0 Å². The van der Waals surface area contributed by atoms with Gasteiger partial charge in [0.2, 0.25) is 0 Å². The first-order valence-corrected chi connectivity index (χ1v) is 3.08. The van der Waals surface area contributed by atoms with Crippen molar-refractivity contribution in [2.45, 2.75) is 0 Å². The van der Waals surface area contributed by atoms with Crippen molar-refractivity contribution in [1.29, 1.82) is 0 Å². The predicted octanol–water partition coefficient (Wildman–Crippen LogP) is 0.426. The van der Waals surface area contributed by atoms with Crippen LogP contribution in [-0.2, 0) is 7.05 Å². The standard InChI is InChI=1S/C7H10N2O/c1-9-6-8-5-7(9)3-2-4-10/h2-3,5-6,10H,4H2,1H3/b3-2+. The molecule has 0 aliphatic carbocycles. The van der Waals surface area contributed by atoms with E-state index in [1.807, 2.05) is 17.7 Å². The highest BCUT2D eigenvalue weighted by atomic mass is 16.2. The average molecular weight is 138 g/mol. The Kier molecular flexibility index (Phi) is 2.23. The van der Waals surface area contributed by atoms with Gasteiger partial charge in [0.1, 0.15) is 0 Å². The Bertz CT molecular complexity index is 227. The first-order chi connectivity index (χ1) is 4.84. The minimum atomic E-state index is 0.0746. The summed E-state index contributed by atoms with van der Waals surface area (Å²) in [5.74, 6) is 0. The van der Waals surface area contributed by atoms with Crippen LogP contribution >= 0.6 is 0 Å². The number of nitrogens with zero attached hydrogens (tertiary/aromatic N) is 2. The maximum Gasteiger partial charge on any atom is 0.0948 e. The van der Waals surface area contributed by atoms with Crippen molar-refractivity contribution in [1.82, 2.24) is 9.55 Å². The summed E-state index contributed by atoms with van der Waals surface area (Å²) >= 11 is 0. The quantitative estimate of drug-likeness (QED) is 0.643. The van der Waals surface area contributed by atoms with E-state index in [4.69, 9.17) is 5.11 Å². The van der Waals surface area contributed by atoms with Gasteiger partial charge in [0.25, 0.3) is 0 Å². The van der Waals surface area contributed by atoms with E-state index in [0.29, 0.717) is 0 Å². The summed E-state index contributed by atoms with van der Waals surface area (Å²) in [6.07, 6.45) is 6.97. The van der Waals surface area contributed by atoms with Gasteiger partial charge in [0.15, 0.2) is 0 Å². The maximum absolute atomic E-state index is 8.44. The molecule has 1 heterocycles. The monoisotopic (exact) mass is 138 g/mol. The number of imidazole rings is 1. The topological polar surface area (TPSA) is 38.0 Å². The second kappa shape index (κ2) is 3.17. The molecule has 0 bridgehead atoms. The fourth-order valence-electron chi connectivity index (χ4n) is 0.701. The third-order valence-electron chi connectivity index (χ3n) is 1.25. The van der Waals surface area contributed by atoms with Gasteiger partial charge >= 0.3 is 0 Å². The lowest BCUT2D eigenvalue weighted by molar-refractivity contribution is 0.343. The third kappa shape index (κ3) is 1.45. The van der Waals surface area contributed by atoms with Gasteiger partial charge in [0.05, 0.1) is 24.8 Å². The molecule has 0 amide bonds. The van der Waals surface area contributed by atoms with Crippen LogP contribution in [-0.4, -0.2) is 21.3 Å². The van der Waals surface area contributed by atoms with Gasteiger partial charge in [-0.25, -0.2) is 4.98 Å². The highest BCUT2D eigenvalue weighted by Gasteiger charge is 1.88. The van der Waals surface area contributed by atoms with Gasteiger partial charge in [-0.2, -0.15) is 0 Å². The van der Waals surface area contributed by atoms with Crippen molar-refractivity contribution in [3.63, 3.8) is 0 Å². The molecule has 54 valence electrons. The molecule has 0 aliphatic heterocycles. The van der Waals surface area contributed by atoms with E-state index >= 15 is 0 Å². The highest BCUT2D eigenvalue weighted by molar-refractivity contribution is 5.43. The van der Waals surface area contributed by atoms with Gasteiger partial charge in [-0.3, -0.25) is 0 Å². The SMILES string of the molecule is Cn1cncc1/C=C/CO. The molecule has 1 aromatic heterocycles. The molecule has 0 spiro atoms. The number of rotatable bonds is 2. The van der Waals surface area contributed by atoms with Gasteiger partial charge < -0.3 is 9.67 Å². The highest BCUT2D eigenvalue weighted by Crippen LogP contribution is 1.97. The van der Waals surface area contributed by atoms with Crippen LogP contribution < -0.4 is 0 Å². The molecule has 0 fully saturated rings. The Labute approximate surface area is 59.6 Å². The molecule has 0 aliphatic rings. The summed E-state index contributed by atoms with van der Waals surface area (Å²) in [6, 6.07) is 0. The molecular weight excluding hydrogens is 128 g/mol. The number of hydrogen-bond acceptors (Lipinski definition) is 2. The molecule has 1 aromatic rings.